The average Bonchev–Trinajstić information content (AvgIpc) is 3.27. The minimum absolute atomic E-state index is 0.264. The third-order valence-electron chi connectivity index (χ3n) is 5.75. The number of aromatic nitrogens is 4. The third-order valence-corrected chi connectivity index (χ3v) is 5.75. The standard InChI is InChI=1S/C20H21N5O2/c1-2-15(14-5-6-16-17(12-14)27-11-10-26-16)24(8-1)19-20-23-22-18(13-3-4-13)25(20)9-7-21-19/h5-7,9,12-13,15H,1-4,8,10-11H2. The van der Waals surface area contributed by atoms with Gasteiger partial charge in [0.2, 0.25) is 5.65 Å². The van der Waals surface area contributed by atoms with Crippen LogP contribution in [0.1, 0.15) is 49.0 Å². The molecular weight excluding hydrogens is 342 g/mol. The molecule has 1 aliphatic carbocycles. The Morgan fingerprint density at radius 1 is 1.00 bits per heavy atom. The normalized spacial score (nSPS) is 21.8. The van der Waals surface area contributed by atoms with Crippen LogP contribution < -0.4 is 14.4 Å². The van der Waals surface area contributed by atoms with Crippen LogP contribution in [0.2, 0.25) is 0 Å². The van der Waals surface area contributed by atoms with E-state index in [4.69, 9.17) is 14.5 Å². The van der Waals surface area contributed by atoms with Gasteiger partial charge in [-0.2, -0.15) is 0 Å². The fourth-order valence-corrected chi connectivity index (χ4v) is 4.29. The summed E-state index contributed by atoms with van der Waals surface area (Å²) >= 11 is 0. The summed E-state index contributed by atoms with van der Waals surface area (Å²) in [6, 6.07) is 6.56. The van der Waals surface area contributed by atoms with Gasteiger partial charge in [0, 0.05) is 24.9 Å². The highest BCUT2D eigenvalue weighted by Gasteiger charge is 2.33. The Kier molecular flexibility index (Phi) is 3.30. The van der Waals surface area contributed by atoms with E-state index in [9.17, 15) is 0 Å². The Labute approximate surface area is 156 Å². The molecule has 1 saturated carbocycles. The maximum atomic E-state index is 5.79. The summed E-state index contributed by atoms with van der Waals surface area (Å²) < 4.78 is 13.6. The van der Waals surface area contributed by atoms with Crippen LogP contribution in [0, 0.1) is 0 Å². The van der Waals surface area contributed by atoms with Crippen molar-refractivity contribution in [1.82, 2.24) is 19.6 Å². The Balaban J connectivity index is 1.40. The van der Waals surface area contributed by atoms with Gasteiger partial charge < -0.3 is 14.4 Å². The maximum Gasteiger partial charge on any atom is 0.203 e. The molecule has 27 heavy (non-hydrogen) atoms. The predicted molar refractivity (Wildman–Crippen MR) is 99.5 cm³/mol. The Bertz CT molecular complexity index is 1010. The minimum Gasteiger partial charge on any atom is -0.486 e. The van der Waals surface area contributed by atoms with Gasteiger partial charge in [-0.25, -0.2) is 4.98 Å². The first-order valence-electron chi connectivity index (χ1n) is 9.74. The lowest BCUT2D eigenvalue weighted by Gasteiger charge is -2.27. The van der Waals surface area contributed by atoms with E-state index >= 15 is 0 Å². The van der Waals surface area contributed by atoms with E-state index in [1.165, 1.54) is 18.4 Å². The van der Waals surface area contributed by atoms with Crippen molar-refractivity contribution in [2.45, 2.75) is 37.6 Å². The van der Waals surface area contributed by atoms with E-state index in [0.29, 0.717) is 19.1 Å². The van der Waals surface area contributed by atoms with Crippen LogP contribution in [0.15, 0.2) is 30.6 Å². The molecule has 1 unspecified atom stereocenters. The van der Waals surface area contributed by atoms with Crippen molar-refractivity contribution >= 4 is 11.5 Å². The molecule has 0 radical (unpaired) electrons. The van der Waals surface area contributed by atoms with Gasteiger partial charge in [0.25, 0.3) is 0 Å². The fraction of sp³-hybridized carbons (Fsp3) is 0.450. The summed E-state index contributed by atoms with van der Waals surface area (Å²) in [5.41, 5.74) is 2.10. The number of benzene rings is 1. The van der Waals surface area contributed by atoms with Crippen molar-refractivity contribution < 1.29 is 9.47 Å². The third kappa shape index (κ3) is 2.44. The summed E-state index contributed by atoms with van der Waals surface area (Å²) in [5.74, 6) is 4.23. The number of ether oxygens (including phenoxy) is 2. The number of hydrogen-bond acceptors (Lipinski definition) is 6. The molecule has 3 aliphatic rings. The first kappa shape index (κ1) is 15.2. The second-order valence-electron chi connectivity index (χ2n) is 7.53. The quantitative estimate of drug-likeness (QED) is 0.712. The monoisotopic (exact) mass is 363 g/mol. The molecule has 0 amide bonds. The summed E-state index contributed by atoms with van der Waals surface area (Å²) in [6.45, 7) is 2.19. The van der Waals surface area contributed by atoms with Gasteiger partial charge in [-0.1, -0.05) is 6.07 Å². The van der Waals surface area contributed by atoms with Crippen LogP contribution in [0.3, 0.4) is 0 Å². The van der Waals surface area contributed by atoms with E-state index in [1.54, 1.807) is 0 Å². The van der Waals surface area contributed by atoms with Gasteiger partial charge in [0.05, 0.1) is 6.04 Å². The highest BCUT2D eigenvalue weighted by atomic mass is 16.6. The molecule has 1 saturated heterocycles. The lowest BCUT2D eigenvalue weighted by Crippen LogP contribution is -2.24. The summed E-state index contributed by atoms with van der Waals surface area (Å²) in [6.07, 6.45) is 8.50. The molecule has 6 rings (SSSR count). The van der Waals surface area contributed by atoms with E-state index in [1.807, 2.05) is 18.5 Å². The molecule has 0 spiro atoms. The smallest absolute Gasteiger partial charge is 0.203 e. The minimum atomic E-state index is 0.264. The molecule has 2 fully saturated rings. The lowest BCUT2D eigenvalue weighted by molar-refractivity contribution is 0.171. The van der Waals surface area contributed by atoms with E-state index in [2.05, 4.69) is 31.6 Å². The zero-order valence-corrected chi connectivity index (χ0v) is 15.0. The van der Waals surface area contributed by atoms with Crippen LogP contribution in [-0.2, 0) is 0 Å². The topological polar surface area (TPSA) is 64.8 Å². The summed E-state index contributed by atoms with van der Waals surface area (Å²) in [7, 11) is 0. The van der Waals surface area contributed by atoms with Crippen LogP contribution in [-0.4, -0.2) is 39.3 Å². The van der Waals surface area contributed by atoms with Crippen molar-refractivity contribution in [3.63, 3.8) is 0 Å². The highest BCUT2D eigenvalue weighted by Crippen LogP contribution is 2.42. The largest absolute Gasteiger partial charge is 0.486 e. The molecule has 7 nitrogen and oxygen atoms in total. The van der Waals surface area contributed by atoms with E-state index in [-0.39, 0.29) is 6.04 Å². The highest BCUT2D eigenvalue weighted by molar-refractivity contribution is 5.65. The second kappa shape index (κ2) is 5.84. The zero-order chi connectivity index (χ0) is 17.8. The summed E-state index contributed by atoms with van der Waals surface area (Å²) in [5, 5.41) is 8.94. The first-order valence-corrected chi connectivity index (χ1v) is 9.74. The van der Waals surface area contributed by atoms with Crippen LogP contribution in [0.4, 0.5) is 5.82 Å². The van der Waals surface area contributed by atoms with Gasteiger partial charge in [0.15, 0.2) is 17.3 Å². The molecule has 2 aliphatic heterocycles. The van der Waals surface area contributed by atoms with Crippen LogP contribution in [0.25, 0.3) is 5.65 Å². The molecule has 4 heterocycles. The Morgan fingerprint density at radius 2 is 1.89 bits per heavy atom. The lowest BCUT2D eigenvalue weighted by atomic mass is 10.0. The Morgan fingerprint density at radius 3 is 2.78 bits per heavy atom. The molecule has 1 atom stereocenters. The first-order chi connectivity index (χ1) is 13.4. The van der Waals surface area contributed by atoms with Crippen molar-refractivity contribution in [2.75, 3.05) is 24.7 Å². The van der Waals surface area contributed by atoms with Crippen molar-refractivity contribution in [2.24, 2.45) is 0 Å². The molecule has 0 N–H and O–H groups in total. The van der Waals surface area contributed by atoms with Crippen molar-refractivity contribution in [3.8, 4) is 11.5 Å². The fourth-order valence-electron chi connectivity index (χ4n) is 4.29. The molecule has 3 aromatic rings. The number of fused-ring (bicyclic) bond motifs is 2. The van der Waals surface area contributed by atoms with Crippen molar-refractivity contribution in [3.05, 3.63) is 42.0 Å². The van der Waals surface area contributed by atoms with E-state index in [0.717, 1.165) is 48.2 Å². The van der Waals surface area contributed by atoms with E-state index < -0.39 is 0 Å². The number of anilines is 1. The van der Waals surface area contributed by atoms with Gasteiger partial charge >= 0.3 is 0 Å². The van der Waals surface area contributed by atoms with Crippen LogP contribution >= 0.6 is 0 Å². The zero-order valence-electron chi connectivity index (χ0n) is 15.0. The molecule has 0 bridgehead atoms. The molecule has 2 aromatic heterocycles. The molecule has 138 valence electrons. The summed E-state index contributed by atoms with van der Waals surface area (Å²) in [4.78, 5) is 7.06. The SMILES string of the molecule is c1cn2c(C3CC3)nnc2c(N2CCCC2c2ccc3c(c2)OCCO3)n1. The predicted octanol–water partition coefficient (Wildman–Crippen LogP) is 3.11. The number of rotatable bonds is 3. The molecule has 1 aromatic carbocycles. The Hall–Kier alpha value is -2.83. The second-order valence-corrected chi connectivity index (χ2v) is 7.53. The van der Waals surface area contributed by atoms with Crippen LogP contribution in [0.5, 0.6) is 11.5 Å². The maximum absolute atomic E-state index is 5.79. The average molecular weight is 363 g/mol. The number of nitrogens with zero attached hydrogens (tertiary/aromatic N) is 5. The number of hydrogen-bond donors (Lipinski definition) is 0. The van der Waals surface area contributed by atoms with Gasteiger partial charge in [-0.15, -0.1) is 10.2 Å². The van der Waals surface area contributed by atoms with Crippen molar-refractivity contribution in [1.29, 1.82) is 0 Å². The molecular formula is C20H21N5O2. The molecule has 7 heteroatoms. The van der Waals surface area contributed by atoms with Gasteiger partial charge in [-0.05, 0) is 43.4 Å². The van der Waals surface area contributed by atoms with Gasteiger partial charge in [0.1, 0.15) is 19.0 Å². The van der Waals surface area contributed by atoms with Gasteiger partial charge in [-0.3, -0.25) is 4.40 Å².